The first kappa shape index (κ1) is 27.6. The monoisotopic (exact) mass is 493 g/mol. The lowest BCUT2D eigenvalue weighted by Crippen LogP contribution is -3.00. The number of ether oxygens (including phenoxy) is 5. The van der Waals surface area contributed by atoms with Crippen LogP contribution in [0.4, 0.5) is 0 Å². The van der Waals surface area contributed by atoms with Crippen LogP contribution in [-0.2, 0) is 6.42 Å². The molecule has 0 aliphatic carbocycles. The lowest BCUT2D eigenvalue weighted by Gasteiger charge is -2.48. The summed E-state index contributed by atoms with van der Waals surface area (Å²) in [5, 5.41) is 9.69. The van der Waals surface area contributed by atoms with Gasteiger partial charge in [-0.3, -0.25) is 0 Å². The zero-order valence-corrected chi connectivity index (χ0v) is 21.5. The Hall–Kier alpha value is -2.61. The molecule has 1 aliphatic heterocycles. The molecule has 188 valence electrons. The largest absolute Gasteiger partial charge is 1.00 e. The second-order valence-electron chi connectivity index (χ2n) is 8.23. The van der Waals surface area contributed by atoms with Crippen LogP contribution in [-0.4, -0.2) is 71.4 Å². The molecule has 1 unspecified atom stereocenters. The van der Waals surface area contributed by atoms with Gasteiger partial charge in [-0.2, -0.15) is 0 Å². The topological polar surface area (TPSA) is 66.4 Å². The van der Waals surface area contributed by atoms with E-state index in [1.54, 1.807) is 35.5 Å². The van der Waals surface area contributed by atoms with E-state index in [1.807, 2.05) is 18.2 Å². The maximum absolute atomic E-state index is 9.69. The van der Waals surface area contributed by atoms with Crippen molar-refractivity contribution in [2.45, 2.75) is 18.9 Å². The molecule has 0 spiro atoms. The molecule has 1 heterocycles. The summed E-state index contributed by atoms with van der Waals surface area (Å²) >= 11 is 0. The van der Waals surface area contributed by atoms with Crippen LogP contribution >= 0.6 is 0 Å². The summed E-state index contributed by atoms with van der Waals surface area (Å²) in [4.78, 5) is 0. The number of rotatable bonds is 11. The maximum Gasteiger partial charge on any atom is 0.203 e. The lowest BCUT2D eigenvalue weighted by molar-refractivity contribution is -0.948. The van der Waals surface area contributed by atoms with Gasteiger partial charge in [-0.1, -0.05) is 6.58 Å². The van der Waals surface area contributed by atoms with Crippen LogP contribution in [0.2, 0.25) is 0 Å². The van der Waals surface area contributed by atoms with Crippen molar-refractivity contribution in [2.24, 2.45) is 0 Å². The highest BCUT2D eigenvalue weighted by Crippen LogP contribution is 2.48. The van der Waals surface area contributed by atoms with E-state index in [2.05, 4.69) is 18.7 Å². The number of benzene rings is 2. The molecule has 2 aromatic rings. The van der Waals surface area contributed by atoms with Crippen LogP contribution in [0.5, 0.6) is 28.7 Å². The summed E-state index contributed by atoms with van der Waals surface area (Å²) in [6.45, 7) is 6.65. The van der Waals surface area contributed by atoms with E-state index < -0.39 is 0 Å². The number of nitrogens with zero attached hydrogens (tertiary/aromatic N) is 1. The van der Waals surface area contributed by atoms with Crippen LogP contribution in [0.1, 0.15) is 29.2 Å². The first-order chi connectivity index (χ1) is 16.0. The number of methoxy groups -OCH3 is 5. The number of hydrogen-bond donors (Lipinski definition) is 1. The summed E-state index contributed by atoms with van der Waals surface area (Å²) in [6, 6.07) is 8.15. The van der Waals surface area contributed by atoms with Crippen molar-refractivity contribution >= 4 is 0 Å². The summed E-state index contributed by atoms with van der Waals surface area (Å²) in [7, 11) is 8.16. The summed E-state index contributed by atoms with van der Waals surface area (Å²) in [6.07, 6.45) is 3.54. The quantitative estimate of drug-likeness (QED) is 0.368. The second-order valence-corrected chi connectivity index (χ2v) is 8.23. The molecule has 2 aromatic carbocycles. The third-order valence-electron chi connectivity index (χ3n) is 6.57. The molecule has 2 atom stereocenters. The molecule has 3 rings (SSSR count). The van der Waals surface area contributed by atoms with Gasteiger partial charge in [-0.05, 0) is 35.9 Å². The van der Waals surface area contributed by atoms with E-state index in [0.717, 1.165) is 47.4 Å². The van der Waals surface area contributed by atoms with E-state index in [-0.39, 0.29) is 25.1 Å². The Labute approximate surface area is 208 Å². The van der Waals surface area contributed by atoms with Gasteiger partial charge in [0.1, 0.15) is 6.04 Å². The SMILES string of the molecule is C=CC[N+]1(CCCO)CCc2cc(OC)c(OC)cc2[C@@H]1c1cc(OC)c(OC)c(OC)c1.[Cl-]. The van der Waals surface area contributed by atoms with Crippen molar-refractivity contribution in [1.82, 2.24) is 0 Å². The molecular formula is C26H36ClNO6. The normalized spacial score (nSPS) is 18.8. The number of fused-ring (bicyclic) bond motifs is 1. The highest BCUT2D eigenvalue weighted by atomic mass is 35.5. The van der Waals surface area contributed by atoms with E-state index in [1.165, 1.54) is 5.56 Å². The lowest BCUT2D eigenvalue weighted by atomic mass is 9.84. The van der Waals surface area contributed by atoms with Crippen molar-refractivity contribution in [3.63, 3.8) is 0 Å². The fourth-order valence-corrected chi connectivity index (χ4v) is 5.10. The number of aliphatic hydroxyl groups excluding tert-OH is 1. The summed E-state index contributed by atoms with van der Waals surface area (Å²) in [5.74, 6) is 3.19. The molecule has 1 N–H and O–H groups in total. The van der Waals surface area contributed by atoms with Gasteiger partial charge in [0.15, 0.2) is 23.0 Å². The van der Waals surface area contributed by atoms with E-state index in [4.69, 9.17) is 23.7 Å². The van der Waals surface area contributed by atoms with Crippen molar-refractivity contribution in [3.05, 3.63) is 53.6 Å². The Bertz CT molecular complexity index is 957. The minimum atomic E-state index is -0.0492. The van der Waals surface area contributed by atoms with Gasteiger partial charge < -0.3 is 45.7 Å². The van der Waals surface area contributed by atoms with Crippen LogP contribution in [0, 0.1) is 0 Å². The van der Waals surface area contributed by atoms with Gasteiger partial charge in [0.2, 0.25) is 5.75 Å². The van der Waals surface area contributed by atoms with Crippen molar-refractivity contribution in [2.75, 3.05) is 61.8 Å². The van der Waals surface area contributed by atoms with Gasteiger partial charge >= 0.3 is 0 Å². The fraction of sp³-hybridized carbons (Fsp3) is 0.462. The summed E-state index contributed by atoms with van der Waals surface area (Å²) < 4.78 is 28.9. The third-order valence-corrected chi connectivity index (χ3v) is 6.57. The van der Waals surface area contributed by atoms with E-state index in [0.29, 0.717) is 29.4 Å². The number of aliphatic hydroxyl groups is 1. The molecule has 0 saturated carbocycles. The molecule has 0 bridgehead atoms. The molecule has 0 fully saturated rings. The van der Waals surface area contributed by atoms with E-state index in [9.17, 15) is 5.11 Å². The van der Waals surface area contributed by atoms with Gasteiger partial charge in [0.05, 0.1) is 55.2 Å². The van der Waals surface area contributed by atoms with Crippen molar-refractivity contribution in [1.29, 1.82) is 0 Å². The van der Waals surface area contributed by atoms with Gasteiger partial charge in [0, 0.05) is 30.6 Å². The minimum Gasteiger partial charge on any atom is -1.00 e. The molecule has 0 aromatic heterocycles. The van der Waals surface area contributed by atoms with Crippen LogP contribution in [0.3, 0.4) is 0 Å². The number of hydrogen-bond acceptors (Lipinski definition) is 6. The third kappa shape index (κ3) is 5.06. The van der Waals surface area contributed by atoms with Crippen molar-refractivity contribution < 1.29 is 45.7 Å². The zero-order chi connectivity index (χ0) is 24.0. The second kappa shape index (κ2) is 12.2. The molecular weight excluding hydrogens is 458 g/mol. The average Bonchev–Trinajstić information content (AvgIpc) is 2.85. The Morgan fingerprint density at radius 1 is 0.912 bits per heavy atom. The predicted molar refractivity (Wildman–Crippen MR) is 128 cm³/mol. The maximum atomic E-state index is 9.69. The molecule has 0 radical (unpaired) electrons. The molecule has 34 heavy (non-hydrogen) atoms. The van der Waals surface area contributed by atoms with Crippen LogP contribution in [0.25, 0.3) is 0 Å². The fourth-order valence-electron chi connectivity index (χ4n) is 5.10. The molecule has 0 saturated heterocycles. The van der Waals surface area contributed by atoms with Crippen molar-refractivity contribution in [3.8, 4) is 28.7 Å². The first-order valence-electron chi connectivity index (χ1n) is 11.1. The number of quaternary nitrogens is 1. The average molecular weight is 494 g/mol. The molecule has 0 amide bonds. The van der Waals surface area contributed by atoms with Gasteiger partial charge in [-0.15, -0.1) is 0 Å². The van der Waals surface area contributed by atoms with Crippen LogP contribution < -0.4 is 36.1 Å². The zero-order valence-electron chi connectivity index (χ0n) is 20.7. The highest BCUT2D eigenvalue weighted by Gasteiger charge is 2.43. The van der Waals surface area contributed by atoms with Gasteiger partial charge in [-0.25, -0.2) is 0 Å². The summed E-state index contributed by atoms with van der Waals surface area (Å²) in [5.41, 5.74) is 3.42. The molecule has 1 aliphatic rings. The minimum absolute atomic E-state index is 0. The van der Waals surface area contributed by atoms with E-state index >= 15 is 0 Å². The Morgan fingerprint density at radius 2 is 1.50 bits per heavy atom. The standard InChI is InChI=1S/C26H36NO6.ClH/c1-7-10-27(11-8-13-28)12-9-18-14-21(29-2)22(30-3)17-20(18)25(27)19-15-23(31-4)26(33-6)24(16-19)32-5;/h7,14-17,25,28H,1,8-13H2,2-6H3;1H/q+1;/p-1/t25-,27?;/m0./s1. The highest BCUT2D eigenvalue weighted by molar-refractivity contribution is 5.57. The first-order valence-corrected chi connectivity index (χ1v) is 11.1. The number of halogens is 1. The van der Waals surface area contributed by atoms with Gasteiger partial charge in [0.25, 0.3) is 0 Å². The Morgan fingerprint density at radius 3 is 2.00 bits per heavy atom. The molecule has 8 heteroatoms. The smallest absolute Gasteiger partial charge is 0.203 e. The predicted octanol–water partition coefficient (Wildman–Crippen LogP) is 0.764. The Balaban J connectivity index is 0.00000408. The van der Waals surface area contributed by atoms with Crippen LogP contribution in [0.15, 0.2) is 36.9 Å². The Kier molecular flexibility index (Phi) is 9.91. The molecule has 7 nitrogen and oxygen atoms in total.